The lowest BCUT2D eigenvalue weighted by atomic mass is 9.86. The van der Waals surface area contributed by atoms with Crippen molar-refractivity contribution in [3.63, 3.8) is 0 Å². The second kappa shape index (κ2) is 5.84. The minimum atomic E-state index is -0.0669. The van der Waals surface area contributed by atoms with Crippen molar-refractivity contribution in [2.75, 3.05) is 5.32 Å². The Bertz CT molecular complexity index is 694. The number of aromatic nitrogens is 1. The summed E-state index contributed by atoms with van der Waals surface area (Å²) in [5, 5.41) is 8.10. The van der Waals surface area contributed by atoms with Gasteiger partial charge >= 0.3 is 0 Å². The predicted octanol–water partition coefficient (Wildman–Crippen LogP) is 4.62. The van der Waals surface area contributed by atoms with Gasteiger partial charge in [-0.1, -0.05) is 26.8 Å². The van der Waals surface area contributed by atoms with Crippen LogP contribution >= 0.6 is 12.2 Å². The van der Waals surface area contributed by atoms with Gasteiger partial charge < -0.3 is 10.6 Å². The van der Waals surface area contributed by atoms with Crippen molar-refractivity contribution >= 4 is 34.1 Å². The minimum Gasteiger partial charge on any atom is -0.358 e. The van der Waals surface area contributed by atoms with Crippen LogP contribution in [-0.2, 0) is 5.41 Å². The average molecular weight is 315 g/mol. The summed E-state index contributed by atoms with van der Waals surface area (Å²) in [4.78, 5) is 4.63. The Morgan fingerprint density at radius 2 is 1.68 bits per heavy atom. The maximum absolute atomic E-state index is 5.31. The Hall–Kier alpha value is -1.68. The number of benzene rings is 1. The molecule has 2 aromatic rings. The zero-order valence-corrected chi connectivity index (χ0v) is 15.1. The number of thiocarbonyl (C=S) groups is 1. The lowest BCUT2D eigenvalue weighted by Crippen LogP contribution is -2.43. The third-order valence-corrected chi connectivity index (χ3v) is 3.49. The largest absolute Gasteiger partial charge is 0.358 e. The molecule has 2 N–H and O–H groups in total. The van der Waals surface area contributed by atoms with E-state index >= 15 is 0 Å². The van der Waals surface area contributed by atoms with Gasteiger partial charge in [-0.3, -0.25) is 0 Å². The first kappa shape index (κ1) is 16.7. The van der Waals surface area contributed by atoms with E-state index in [2.05, 4.69) is 81.4 Å². The van der Waals surface area contributed by atoms with Crippen LogP contribution < -0.4 is 10.6 Å². The normalized spacial score (nSPS) is 12.3. The summed E-state index contributed by atoms with van der Waals surface area (Å²) in [6.45, 7) is 12.9. The van der Waals surface area contributed by atoms with Crippen LogP contribution in [0.2, 0.25) is 0 Å². The van der Waals surface area contributed by atoms with Gasteiger partial charge in [-0.05, 0) is 68.2 Å². The molecule has 0 aliphatic carbocycles. The van der Waals surface area contributed by atoms with Crippen LogP contribution in [0, 0.1) is 0 Å². The van der Waals surface area contributed by atoms with Crippen molar-refractivity contribution in [3.05, 3.63) is 35.9 Å². The van der Waals surface area contributed by atoms with Gasteiger partial charge in [0.15, 0.2) is 5.11 Å². The van der Waals surface area contributed by atoms with E-state index < -0.39 is 0 Å². The monoisotopic (exact) mass is 315 g/mol. The maximum atomic E-state index is 5.31. The Morgan fingerprint density at radius 1 is 1.00 bits per heavy atom. The lowest BCUT2D eigenvalue weighted by molar-refractivity contribution is 0.515. The number of fused-ring (bicyclic) bond motifs is 1. The molecule has 0 aliphatic heterocycles. The van der Waals surface area contributed by atoms with Crippen molar-refractivity contribution in [3.8, 4) is 0 Å². The number of nitrogens with one attached hydrogen (secondary N) is 2. The van der Waals surface area contributed by atoms with Crippen molar-refractivity contribution in [1.29, 1.82) is 0 Å². The number of anilines is 1. The predicted molar refractivity (Wildman–Crippen MR) is 99.6 cm³/mol. The fraction of sp³-hybridized carbons (Fsp3) is 0.444. The first-order chi connectivity index (χ1) is 10.0. The highest BCUT2D eigenvalue weighted by Crippen LogP contribution is 2.26. The third kappa shape index (κ3) is 4.41. The van der Waals surface area contributed by atoms with E-state index in [1.807, 2.05) is 6.07 Å². The van der Waals surface area contributed by atoms with E-state index in [4.69, 9.17) is 12.2 Å². The quantitative estimate of drug-likeness (QED) is 0.753. The minimum absolute atomic E-state index is 0.0669. The van der Waals surface area contributed by atoms with Crippen molar-refractivity contribution < 1.29 is 0 Å². The van der Waals surface area contributed by atoms with Crippen molar-refractivity contribution in [2.45, 2.75) is 52.5 Å². The maximum Gasteiger partial charge on any atom is 0.172 e. The van der Waals surface area contributed by atoms with Gasteiger partial charge in [0.2, 0.25) is 0 Å². The molecule has 0 amide bonds. The van der Waals surface area contributed by atoms with E-state index in [0.717, 1.165) is 16.7 Å². The molecular weight excluding hydrogens is 290 g/mol. The van der Waals surface area contributed by atoms with Gasteiger partial charge in [0.05, 0.1) is 5.52 Å². The third-order valence-electron chi connectivity index (χ3n) is 3.29. The molecule has 2 rings (SSSR count). The fourth-order valence-corrected chi connectivity index (χ4v) is 2.56. The molecule has 0 saturated heterocycles. The summed E-state index contributed by atoms with van der Waals surface area (Å²) in [6.07, 6.45) is 0. The molecule has 0 saturated carbocycles. The molecule has 1 aromatic carbocycles. The SMILES string of the molecule is CC(C)(C)NC(=S)Nc1ccc2cc(C(C)(C)C)ccc2n1. The number of hydrogen-bond acceptors (Lipinski definition) is 2. The van der Waals surface area contributed by atoms with Crippen LogP contribution in [0.4, 0.5) is 5.82 Å². The van der Waals surface area contributed by atoms with Crippen molar-refractivity contribution in [2.24, 2.45) is 0 Å². The molecule has 0 aliphatic rings. The summed E-state index contributed by atoms with van der Waals surface area (Å²) in [7, 11) is 0. The zero-order valence-electron chi connectivity index (χ0n) is 14.2. The van der Waals surface area contributed by atoms with Crippen molar-refractivity contribution in [1.82, 2.24) is 10.3 Å². The van der Waals surface area contributed by atoms with E-state index in [-0.39, 0.29) is 11.0 Å². The zero-order chi connectivity index (χ0) is 16.5. The second-order valence-electron chi connectivity index (χ2n) is 7.68. The van der Waals surface area contributed by atoms with Gasteiger partial charge in [0, 0.05) is 10.9 Å². The van der Waals surface area contributed by atoms with E-state index in [1.54, 1.807) is 0 Å². The van der Waals surface area contributed by atoms with Gasteiger partial charge in [0.25, 0.3) is 0 Å². The fourth-order valence-electron chi connectivity index (χ4n) is 2.15. The summed E-state index contributed by atoms with van der Waals surface area (Å²) < 4.78 is 0. The van der Waals surface area contributed by atoms with Gasteiger partial charge in [-0.15, -0.1) is 0 Å². The number of rotatable bonds is 1. The van der Waals surface area contributed by atoms with Gasteiger partial charge in [-0.25, -0.2) is 4.98 Å². The summed E-state index contributed by atoms with van der Waals surface area (Å²) >= 11 is 5.31. The summed E-state index contributed by atoms with van der Waals surface area (Å²) in [5.41, 5.74) is 2.36. The van der Waals surface area contributed by atoms with Crippen LogP contribution in [0.1, 0.15) is 47.1 Å². The van der Waals surface area contributed by atoms with E-state index in [1.165, 1.54) is 5.56 Å². The lowest BCUT2D eigenvalue weighted by Gasteiger charge is -2.23. The second-order valence-corrected chi connectivity index (χ2v) is 8.09. The molecule has 1 aromatic heterocycles. The van der Waals surface area contributed by atoms with E-state index in [9.17, 15) is 0 Å². The van der Waals surface area contributed by atoms with Gasteiger partial charge in [0.1, 0.15) is 5.82 Å². The molecule has 0 radical (unpaired) electrons. The molecule has 4 heteroatoms. The molecular formula is C18H25N3S. The topological polar surface area (TPSA) is 37.0 Å². The summed E-state index contributed by atoms with van der Waals surface area (Å²) in [6, 6.07) is 10.5. The van der Waals surface area contributed by atoms with Crippen LogP contribution in [0.3, 0.4) is 0 Å². The molecule has 1 heterocycles. The van der Waals surface area contributed by atoms with Crippen LogP contribution in [-0.4, -0.2) is 15.6 Å². The Labute approximate surface area is 138 Å². The van der Waals surface area contributed by atoms with E-state index in [0.29, 0.717) is 5.11 Å². The molecule has 0 bridgehead atoms. The highest BCUT2D eigenvalue weighted by molar-refractivity contribution is 7.80. The highest BCUT2D eigenvalue weighted by atomic mass is 32.1. The first-order valence-corrected chi connectivity index (χ1v) is 7.96. The standard InChI is InChI=1S/C18H25N3S/c1-17(2,3)13-8-9-14-12(11-13)7-10-15(19-14)20-16(22)21-18(4,5)6/h7-11H,1-6H3,(H2,19,20,21,22). The molecule has 0 atom stereocenters. The first-order valence-electron chi connectivity index (χ1n) is 7.55. The number of pyridine rings is 1. The number of hydrogen-bond donors (Lipinski definition) is 2. The Morgan fingerprint density at radius 3 is 2.27 bits per heavy atom. The molecule has 118 valence electrons. The summed E-state index contributed by atoms with van der Waals surface area (Å²) in [5.74, 6) is 0.762. The average Bonchev–Trinajstić information content (AvgIpc) is 2.34. The molecule has 0 unspecified atom stereocenters. The van der Waals surface area contributed by atoms with Crippen LogP contribution in [0.5, 0.6) is 0 Å². The number of nitrogens with zero attached hydrogens (tertiary/aromatic N) is 1. The molecule has 3 nitrogen and oxygen atoms in total. The molecule has 0 spiro atoms. The Balaban J connectivity index is 2.23. The molecule has 22 heavy (non-hydrogen) atoms. The highest BCUT2D eigenvalue weighted by Gasteiger charge is 2.14. The van der Waals surface area contributed by atoms with Gasteiger partial charge in [-0.2, -0.15) is 0 Å². The smallest absolute Gasteiger partial charge is 0.172 e. The molecule has 0 fully saturated rings. The Kier molecular flexibility index (Phi) is 4.43. The van der Waals surface area contributed by atoms with Crippen LogP contribution in [0.25, 0.3) is 10.9 Å². The van der Waals surface area contributed by atoms with Crippen LogP contribution in [0.15, 0.2) is 30.3 Å².